The van der Waals surface area contributed by atoms with E-state index in [0.717, 1.165) is 13.2 Å². The van der Waals surface area contributed by atoms with Gasteiger partial charge >= 0.3 is 18.1 Å². The van der Waals surface area contributed by atoms with E-state index in [1.165, 1.54) is 36.4 Å². The molecule has 162 valence electrons. The van der Waals surface area contributed by atoms with Crippen LogP contribution in [0.5, 0.6) is 5.75 Å². The lowest BCUT2D eigenvalue weighted by molar-refractivity contribution is -0.173. The van der Waals surface area contributed by atoms with Crippen molar-refractivity contribution in [2.24, 2.45) is 0 Å². The predicted molar refractivity (Wildman–Crippen MR) is 98.5 cm³/mol. The molecule has 0 aliphatic rings. The van der Waals surface area contributed by atoms with Gasteiger partial charge in [-0.3, -0.25) is 9.59 Å². The van der Waals surface area contributed by atoms with Crippen LogP contribution >= 0.6 is 0 Å². The second-order valence-electron chi connectivity index (χ2n) is 6.19. The maximum Gasteiger partial charge on any atom is 0.471 e. The Hall–Kier alpha value is -3.08. The van der Waals surface area contributed by atoms with Crippen LogP contribution in [-0.2, 0) is 37.0 Å². The van der Waals surface area contributed by atoms with Crippen molar-refractivity contribution in [3.05, 3.63) is 53.6 Å². The lowest BCUT2D eigenvalue weighted by atomic mass is 10.1. The molecule has 0 fully saturated rings. The fourth-order valence-electron chi connectivity index (χ4n) is 2.49. The molecule has 0 saturated carbocycles. The van der Waals surface area contributed by atoms with Gasteiger partial charge in [0.15, 0.2) is 0 Å². The van der Waals surface area contributed by atoms with Crippen LogP contribution in [0.15, 0.2) is 52.3 Å². The summed E-state index contributed by atoms with van der Waals surface area (Å²) in [6.45, 7) is -0.265. The van der Waals surface area contributed by atoms with Gasteiger partial charge in [-0.25, -0.2) is 8.42 Å². The van der Waals surface area contributed by atoms with Crippen LogP contribution in [0.2, 0.25) is 0 Å². The Morgan fingerprint density at radius 3 is 2.23 bits per heavy atom. The number of amides is 1. The number of phenolic OH excluding ortho intramolecular Hbond substituents is 1. The molecular weight excluding hydrogens is 427 g/mol. The van der Waals surface area contributed by atoms with Gasteiger partial charge in [0.25, 0.3) is 0 Å². The molecular formula is C19H18F3NO6S. The average molecular weight is 445 g/mol. The van der Waals surface area contributed by atoms with Gasteiger partial charge in [0.1, 0.15) is 5.75 Å². The van der Waals surface area contributed by atoms with Gasteiger partial charge in [-0.1, -0.05) is 12.1 Å². The van der Waals surface area contributed by atoms with Crippen LogP contribution < -0.4 is 5.32 Å². The van der Waals surface area contributed by atoms with E-state index in [0.29, 0.717) is 5.56 Å². The number of ether oxygens (including phenoxy) is 1. The topological polar surface area (TPSA) is 110 Å². The van der Waals surface area contributed by atoms with Crippen molar-refractivity contribution < 1.29 is 41.0 Å². The van der Waals surface area contributed by atoms with E-state index < -0.39 is 27.9 Å². The quantitative estimate of drug-likeness (QED) is 0.632. The summed E-state index contributed by atoms with van der Waals surface area (Å²) in [6, 6.07) is 8.91. The molecule has 2 N–H and O–H groups in total. The fraction of sp³-hybridized carbons (Fsp3) is 0.263. The Labute approximate surface area is 170 Å². The van der Waals surface area contributed by atoms with Gasteiger partial charge in [-0.15, -0.1) is 0 Å². The molecule has 0 radical (unpaired) electrons. The van der Waals surface area contributed by atoms with Crippen molar-refractivity contribution in [2.75, 3.05) is 13.7 Å². The summed E-state index contributed by atoms with van der Waals surface area (Å²) in [5.41, 5.74) is 0.605. The molecule has 30 heavy (non-hydrogen) atoms. The predicted octanol–water partition coefficient (Wildman–Crippen LogP) is 2.16. The maximum absolute atomic E-state index is 12.8. The lowest BCUT2D eigenvalue weighted by Gasteiger charge is -2.10. The van der Waals surface area contributed by atoms with Gasteiger partial charge in [0.05, 0.1) is 23.3 Å². The third kappa shape index (κ3) is 5.72. The molecule has 0 saturated heterocycles. The third-order valence-corrected chi connectivity index (χ3v) is 5.88. The number of hydrogen-bond donors (Lipinski definition) is 2. The van der Waals surface area contributed by atoms with Crippen molar-refractivity contribution in [3.63, 3.8) is 0 Å². The molecule has 0 aromatic heterocycles. The normalized spacial score (nSPS) is 11.7. The fourth-order valence-corrected chi connectivity index (χ4v) is 3.80. The van der Waals surface area contributed by atoms with Crippen LogP contribution in [0, 0.1) is 0 Å². The first-order chi connectivity index (χ1) is 13.9. The highest BCUT2D eigenvalue weighted by Crippen LogP contribution is 2.27. The number of carbonyl (C=O) groups excluding carboxylic acids is 2. The minimum atomic E-state index is -4.96. The number of benzene rings is 2. The second kappa shape index (κ2) is 9.16. The Bertz CT molecular complexity index is 1030. The van der Waals surface area contributed by atoms with E-state index in [2.05, 4.69) is 4.74 Å². The SMILES string of the molecule is COC(=O)Cc1cc(S(=O)(=O)c2ccc(CCNC(=O)C(F)(F)F)cc2)ccc1O. The zero-order chi connectivity index (χ0) is 22.5. The number of carbonyl (C=O) groups is 2. The van der Waals surface area contributed by atoms with E-state index in [-0.39, 0.29) is 40.5 Å². The first kappa shape index (κ1) is 23.2. The molecule has 0 bridgehead atoms. The van der Waals surface area contributed by atoms with Crippen molar-refractivity contribution >= 4 is 21.7 Å². The number of halogens is 3. The number of alkyl halides is 3. The van der Waals surface area contributed by atoms with Crippen LogP contribution in [0.4, 0.5) is 13.2 Å². The number of nitrogens with one attached hydrogen (secondary N) is 1. The number of phenols is 1. The molecule has 2 aromatic rings. The Morgan fingerprint density at radius 1 is 1.07 bits per heavy atom. The van der Waals surface area contributed by atoms with Crippen molar-refractivity contribution in [1.82, 2.24) is 5.32 Å². The van der Waals surface area contributed by atoms with E-state index in [9.17, 15) is 36.3 Å². The zero-order valence-corrected chi connectivity index (χ0v) is 16.5. The number of esters is 1. The molecule has 0 aliphatic heterocycles. The number of sulfone groups is 1. The van der Waals surface area contributed by atoms with Crippen molar-refractivity contribution in [3.8, 4) is 5.75 Å². The van der Waals surface area contributed by atoms with Crippen molar-refractivity contribution in [1.29, 1.82) is 0 Å². The lowest BCUT2D eigenvalue weighted by Crippen LogP contribution is -2.37. The monoisotopic (exact) mass is 445 g/mol. The molecule has 7 nitrogen and oxygen atoms in total. The first-order valence-electron chi connectivity index (χ1n) is 8.53. The summed E-state index contributed by atoms with van der Waals surface area (Å²) in [7, 11) is -2.81. The minimum Gasteiger partial charge on any atom is -0.508 e. The highest BCUT2D eigenvalue weighted by molar-refractivity contribution is 7.91. The zero-order valence-electron chi connectivity index (χ0n) is 15.7. The minimum absolute atomic E-state index is 0.0740. The maximum atomic E-state index is 12.8. The summed E-state index contributed by atoms with van der Waals surface area (Å²) in [6.07, 6.45) is -5.20. The number of rotatable bonds is 7. The van der Waals surface area contributed by atoms with Gasteiger partial charge in [0, 0.05) is 12.1 Å². The standard InChI is InChI=1S/C19H18F3NO6S/c1-29-17(25)11-13-10-15(6-7-16(13)24)30(27,28)14-4-2-12(3-5-14)8-9-23-18(26)19(20,21)22/h2-7,10,24H,8-9,11H2,1H3,(H,23,26). The Kier molecular flexibility index (Phi) is 7.08. The molecule has 0 aliphatic carbocycles. The second-order valence-corrected chi connectivity index (χ2v) is 8.14. The van der Waals surface area contributed by atoms with E-state index in [1.54, 1.807) is 5.32 Å². The Morgan fingerprint density at radius 2 is 1.67 bits per heavy atom. The van der Waals surface area contributed by atoms with Gasteiger partial charge in [0.2, 0.25) is 9.84 Å². The van der Waals surface area contributed by atoms with Gasteiger partial charge in [-0.05, 0) is 42.3 Å². The Balaban J connectivity index is 2.14. The van der Waals surface area contributed by atoms with Crippen LogP contribution in [0.25, 0.3) is 0 Å². The van der Waals surface area contributed by atoms with Crippen LogP contribution in [0.1, 0.15) is 11.1 Å². The number of methoxy groups -OCH3 is 1. The molecule has 0 heterocycles. The van der Waals surface area contributed by atoms with Gasteiger partial charge < -0.3 is 15.2 Å². The first-order valence-corrected chi connectivity index (χ1v) is 10.0. The van der Waals surface area contributed by atoms with E-state index in [4.69, 9.17) is 0 Å². The molecule has 11 heteroatoms. The smallest absolute Gasteiger partial charge is 0.471 e. The number of aromatic hydroxyl groups is 1. The van der Waals surface area contributed by atoms with E-state index in [1.807, 2.05) is 0 Å². The summed E-state index contributed by atoms with van der Waals surface area (Å²) in [4.78, 5) is 22.0. The molecule has 0 unspecified atom stereocenters. The molecule has 2 rings (SSSR count). The van der Waals surface area contributed by atoms with E-state index >= 15 is 0 Å². The van der Waals surface area contributed by atoms with Crippen molar-refractivity contribution in [2.45, 2.75) is 28.8 Å². The molecule has 0 spiro atoms. The van der Waals surface area contributed by atoms with Crippen LogP contribution in [0.3, 0.4) is 0 Å². The summed E-state index contributed by atoms with van der Waals surface area (Å²) >= 11 is 0. The number of hydrogen-bond acceptors (Lipinski definition) is 6. The third-order valence-electron chi connectivity index (χ3n) is 4.11. The summed E-state index contributed by atoms with van der Waals surface area (Å²) in [5.74, 6) is -2.95. The molecule has 2 aromatic carbocycles. The van der Waals surface area contributed by atoms with Crippen LogP contribution in [-0.4, -0.2) is 45.2 Å². The molecule has 1 amide bonds. The highest BCUT2D eigenvalue weighted by atomic mass is 32.2. The molecule has 0 atom stereocenters. The summed E-state index contributed by atoms with van der Waals surface area (Å²) in [5, 5.41) is 11.6. The average Bonchev–Trinajstić information content (AvgIpc) is 2.69. The highest BCUT2D eigenvalue weighted by Gasteiger charge is 2.38. The van der Waals surface area contributed by atoms with Gasteiger partial charge in [-0.2, -0.15) is 13.2 Å². The largest absolute Gasteiger partial charge is 0.508 e. The summed E-state index contributed by atoms with van der Waals surface area (Å²) < 4.78 is 66.5.